The van der Waals surface area contributed by atoms with Gasteiger partial charge >= 0.3 is 11.7 Å². The fourth-order valence-corrected chi connectivity index (χ4v) is 3.18. The van der Waals surface area contributed by atoms with E-state index in [0.29, 0.717) is 16.1 Å². The van der Waals surface area contributed by atoms with E-state index in [-0.39, 0.29) is 41.5 Å². The second kappa shape index (κ2) is 9.79. The number of carbonyl (C=O) groups is 2. The monoisotopic (exact) mass is 482 g/mol. The Kier molecular flexibility index (Phi) is 7.11. The minimum atomic E-state index is -0.698. The molecule has 2 heterocycles. The fourth-order valence-electron chi connectivity index (χ4n) is 2.79. The van der Waals surface area contributed by atoms with Crippen molar-refractivity contribution >= 4 is 57.7 Å². The molecule has 1 amide bonds. The van der Waals surface area contributed by atoms with Gasteiger partial charge in [-0.1, -0.05) is 23.2 Å². The number of pyridine rings is 1. The standard InChI is InChI=1S/C19H16Cl2N4O7/c1-10-12(20)8-22-18(17(10)21)23-15(26)9-31-16(27)3-2-6-24-13-5-4-11(25(29)30)7-14(13)32-19(24)28/h4-5,7-8H,2-3,6,9H2,1H3,(H,22,23,26). The molecule has 13 heteroatoms. The molecule has 1 aromatic carbocycles. The molecule has 11 nitrogen and oxygen atoms in total. The highest BCUT2D eigenvalue weighted by Gasteiger charge is 2.16. The number of non-ortho nitro benzene ring substituents is 1. The van der Waals surface area contributed by atoms with Gasteiger partial charge in [0.25, 0.3) is 11.6 Å². The van der Waals surface area contributed by atoms with Crippen molar-refractivity contribution in [3.8, 4) is 0 Å². The van der Waals surface area contributed by atoms with E-state index in [1.807, 2.05) is 0 Å². The number of fused-ring (bicyclic) bond motifs is 1. The normalized spacial score (nSPS) is 10.8. The van der Waals surface area contributed by atoms with Crippen molar-refractivity contribution in [3.05, 3.63) is 60.7 Å². The number of nitrogens with one attached hydrogen (secondary N) is 1. The van der Waals surface area contributed by atoms with Gasteiger partial charge in [-0.2, -0.15) is 0 Å². The van der Waals surface area contributed by atoms with E-state index in [4.69, 9.17) is 32.4 Å². The van der Waals surface area contributed by atoms with Gasteiger partial charge in [-0.25, -0.2) is 9.78 Å². The van der Waals surface area contributed by atoms with Crippen LogP contribution < -0.4 is 11.1 Å². The maximum Gasteiger partial charge on any atom is 0.419 e. The Hall–Kier alpha value is -3.44. The number of hydrogen-bond donors (Lipinski definition) is 1. The molecule has 0 saturated carbocycles. The van der Waals surface area contributed by atoms with Crippen molar-refractivity contribution in [2.24, 2.45) is 0 Å². The van der Waals surface area contributed by atoms with Crippen LogP contribution >= 0.6 is 23.2 Å². The van der Waals surface area contributed by atoms with Gasteiger partial charge in [0.1, 0.15) is 0 Å². The molecule has 168 valence electrons. The molecule has 2 aromatic heterocycles. The Morgan fingerprint density at radius 3 is 2.81 bits per heavy atom. The molecule has 0 fully saturated rings. The van der Waals surface area contributed by atoms with Crippen molar-refractivity contribution in [2.45, 2.75) is 26.3 Å². The SMILES string of the molecule is Cc1c(Cl)cnc(NC(=O)COC(=O)CCCn2c(=O)oc3cc([N+](=O)[O-])ccc32)c1Cl. The molecular formula is C19H16Cl2N4O7. The van der Waals surface area contributed by atoms with E-state index in [9.17, 15) is 24.5 Å². The molecule has 0 aliphatic heterocycles. The second-order valence-corrected chi connectivity index (χ2v) is 7.42. The van der Waals surface area contributed by atoms with Crippen molar-refractivity contribution in [3.63, 3.8) is 0 Å². The lowest BCUT2D eigenvalue weighted by Crippen LogP contribution is -2.22. The smallest absolute Gasteiger partial charge is 0.419 e. The number of rotatable bonds is 8. The summed E-state index contributed by atoms with van der Waals surface area (Å²) in [6, 6.07) is 3.81. The summed E-state index contributed by atoms with van der Waals surface area (Å²) in [7, 11) is 0. The number of nitro benzene ring substituents is 1. The number of oxazole rings is 1. The summed E-state index contributed by atoms with van der Waals surface area (Å²) >= 11 is 12.0. The van der Waals surface area contributed by atoms with Crippen molar-refractivity contribution in [2.75, 3.05) is 11.9 Å². The van der Waals surface area contributed by atoms with Crippen LogP contribution in [0.1, 0.15) is 18.4 Å². The third-order valence-electron chi connectivity index (χ3n) is 4.45. The lowest BCUT2D eigenvalue weighted by molar-refractivity contribution is -0.384. The molecule has 0 spiro atoms. The van der Waals surface area contributed by atoms with Gasteiger partial charge in [-0.3, -0.25) is 24.3 Å². The minimum absolute atomic E-state index is 0.0710. The third kappa shape index (κ3) is 5.24. The van der Waals surface area contributed by atoms with Crippen molar-refractivity contribution in [1.29, 1.82) is 0 Å². The number of halogens is 2. The molecule has 32 heavy (non-hydrogen) atoms. The molecule has 3 rings (SSSR count). The summed E-state index contributed by atoms with van der Waals surface area (Å²) in [5, 5.41) is 13.8. The van der Waals surface area contributed by atoms with Gasteiger partial charge in [0, 0.05) is 25.2 Å². The summed E-state index contributed by atoms with van der Waals surface area (Å²) in [6.45, 7) is 1.24. The lowest BCUT2D eigenvalue weighted by Gasteiger charge is -2.09. The number of benzene rings is 1. The number of esters is 1. The number of nitrogens with zero attached hydrogens (tertiary/aromatic N) is 3. The predicted molar refractivity (Wildman–Crippen MR) is 115 cm³/mol. The maximum atomic E-state index is 12.0. The molecule has 0 bridgehead atoms. The molecule has 1 N–H and O–H groups in total. The Labute approximate surface area is 190 Å². The molecule has 0 aliphatic rings. The Balaban J connectivity index is 1.50. The molecular weight excluding hydrogens is 467 g/mol. The van der Waals surface area contributed by atoms with Crippen LogP contribution in [0.4, 0.5) is 11.5 Å². The average molecular weight is 483 g/mol. The van der Waals surface area contributed by atoms with E-state index in [2.05, 4.69) is 10.3 Å². The highest BCUT2D eigenvalue weighted by atomic mass is 35.5. The highest BCUT2D eigenvalue weighted by Crippen LogP contribution is 2.28. The van der Waals surface area contributed by atoms with Crippen LogP contribution in [0, 0.1) is 17.0 Å². The van der Waals surface area contributed by atoms with E-state index in [1.165, 1.54) is 22.9 Å². The maximum absolute atomic E-state index is 12.0. The van der Waals surface area contributed by atoms with Crippen LogP contribution in [0.3, 0.4) is 0 Å². The number of hydrogen-bond acceptors (Lipinski definition) is 8. The lowest BCUT2D eigenvalue weighted by atomic mass is 10.2. The Bertz CT molecular complexity index is 1270. The van der Waals surface area contributed by atoms with Gasteiger partial charge in [-0.05, 0) is 25.0 Å². The quantitative estimate of drug-likeness (QED) is 0.291. The van der Waals surface area contributed by atoms with E-state index < -0.39 is 29.2 Å². The first kappa shape index (κ1) is 23.2. The average Bonchev–Trinajstić information content (AvgIpc) is 3.07. The summed E-state index contributed by atoms with van der Waals surface area (Å²) in [6.07, 6.45) is 1.48. The molecule has 0 radical (unpaired) electrons. The number of nitro groups is 1. The topological polar surface area (TPSA) is 147 Å². The zero-order valence-electron chi connectivity index (χ0n) is 16.6. The predicted octanol–water partition coefficient (Wildman–Crippen LogP) is 3.48. The number of anilines is 1. The van der Waals surface area contributed by atoms with Crippen LogP contribution in [0.2, 0.25) is 10.0 Å². The molecule has 0 unspecified atom stereocenters. The number of aryl methyl sites for hydroxylation is 1. The zero-order chi connectivity index (χ0) is 23.4. The van der Waals surface area contributed by atoms with Crippen LogP contribution in [0.5, 0.6) is 0 Å². The number of aromatic nitrogens is 2. The molecule has 0 aliphatic carbocycles. The Morgan fingerprint density at radius 2 is 2.09 bits per heavy atom. The number of carbonyl (C=O) groups excluding carboxylic acids is 2. The first-order valence-corrected chi connectivity index (χ1v) is 9.97. The summed E-state index contributed by atoms with van der Waals surface area (Å²) in [5.41, 5.74) is 0.793. The second-order valence-electron chi connectivity index (χ2n) is 6.63. The summed E-state index contributed by atoms with van der Waals surface area (Å²) < 4.78 is 11.2. The zero-order valence-corrected chi connectivity index (χ0v) is 18.1. The number of ether oxygens (including phenoxy) is 1. The molecule has 0 saturated heterocycles. The van der Waals surface area contributed by atoms with Gasteiger partial charge in [0.2, 0.25) is 0 Å². The molecule has 0 atom stereocenters. The first-order chi connectivity index (χ1) is 15.2. The van der Waals surface area contributed by atoms with Gasteiger partial charge < -0.3 is 14.5 Å². The summed E-state index contributed by atoms with van der Waals surface area (Å²) in [5.74, 6) is -1.88. The Morgan fingerprint density at radius 1 is 1.34 bits per heavy atom. The fraction of sp³-hybridized carbons (Fsp3) is 0.263. The van der Waals surface area contributed by atoms with Crippen LogP contribution in [0.15, 0.2) is 33.6 Å². The third-order valence-corrected chi connectivity index (χ3v) is 5.29. The van der Waals surface area contributed by atoms with Crippen molar-refractivity contribution < 1.29 is 23.7 Å². The highest BCUT2D eigenvalue weighted by molar-refractivity contribution is 6.37. The van der Waals surface area contributed by atoms with Gasteiger partial charge in [0.05, 0.1) is 26.6 Å². The van der Waals surface area contributed by atoms with Gasteiger partial charge in [0.15, 0.2) is 18.0 Å². The van der Waals surface area contributed by atoms with E-state index >= 15 is 0 Å². The van der Waals surface area contributed by atoms with E-state index in [1.54, 1.807) is 6.92 Å². The number of amides is 1. The van der Waals surface area contributed by atoms with Crippen LogP contribution in [-0.4, -0.2) is 33.0 Å². The van der Waals surface area contributed by atoms with Crippen LogP contribution in [-0.2, 0) is 20.9 Å². The van der Waals surface area contributed by atoms with Crippen molar-refractivity contribution in [1.82, 2.24) is 9.55 Å². The largest absolute Gasteiger partial charge is 0.456 e. The first-order valence-electron chi connectivity index (χ1n) is 9.21. The molecule has 3 aromatic rings. The summed E-state index contributed by atoms with van der Waals surface area (Å²) in [4.78, 5) is 50.0. The van der Waals surface area contributed by atoms with Crippen LogP contribution in [0.25, 0.3) is 11.1 Å². The van der Waals surface area contributed by atoms with E-state index in [0.717, 1.165) is 6.07 Å². The minimum Gasteiger partial charge on any atom is -0.456 e. The van der Waals surface area contributed by atoms with Gasteiger partial charge in [-0.15, -0.1) is 0 Å².